The topological polar surface area (TPSA) is 113 Å². The highest BCUT2D eigenvalue weighted by Crippen LogP contribution is 2.59. The Morgan fingerprint density at radius 3 is 1.00 bits per heavy atom. The second-order valence-electron chi connectivity index (χ2n) is 8.06. The summed E-state index contributed by atoms with van der Waals surface area (Å²) in [5.41, 5.74) is 14.6. The number of ether oxygens (including phenoxy) is 1. The summed E-state index contributed by atoms with van der Waals surface area (Å²) in [5, 5.41) is 0. The zero-order chi connectivity index (χ0) is 30.6. The van der Waals surface area contributed by atoms with Gasteiger partial charge in [0.25, 0.3) is 0 Å². The van der Waals surface area contributed by atoms with Crippen LogP contribution in [-0.4, -0.2) is 36.0 Å². The van der Waals surface area contributed by atoms with E-state index >= 15 is 0 Å². The molecule has 2 aromatic rings. The van der Waals surface area contributed by atoms with E-state index in [-0.39, 0.29) is 12.1 Å². The van der Waals surface area contributed by atoms with Gasteiger partial charge in [0.2, 0.25) is 0 Å². The molecule has 0 saturated heterocycles. The first-order chi connectivity index (χ1) is 17.3. The van der Waals surface area contributed by atoms with Crippen molar-refractivity contribution >= 4 is 22.7 Å². The molecule has 39 heavy (non-hydrogen) atoms. The Balaban J connectivity index is 2.95. The number of halogens is 14. The summed E-state index contributed by atoms with van der Waals surface area (Å²) in [5.74, 6) is -27.6. The average molecular weight is 594 g/mol. The van der Waals surface area contributed by atoms with Gasteiger partial charge in [0.05, 0.1) is 0 Å². The van der Waals surface area contributed by atoms with E-state index in [9.17, 15) is 61.5 Å². The monoisotopic (exact) mass is 594 g/mol. The molecule has 2 aromatic carbocycles. The largest absolute Gasteiger partial charge is 0.459 e. The molecule has 19 heteroatoms. The molecule has 0 fully saturated rings. The molecule has 2 unspecified atom stereocenters. The van der Waals surface area contributed by atoms with Crippen LogP contribution in [0.3, 0.4) is 0 Å². The minimum Gasteiger partial charge on any atom is -0.399 e. The van der Waals surface area contributed by atoms with Crippen LogP contribution in [-0.2, 0) is 4.74 Å². The Labute approximate surface area is 208 Å². The van der Waals surface area contributed by atoms with Crippen molar-refractivity contribution in [1.82, 2.24) is 0 Å². The predicted molar refractivity (Wildman–Crippen MR) is 109 cm³/mol. The Hall–Kier alpha value is -3.38. The fourth-order valence-electron chi connectivity index (χ4n) is 3.22. The molecule has 0 aliphatic rings. The van der Waals surface area contributed by atoms with Crippen molar-refractivity contribution in [2.45, 2.75) is 48.3 Å². The minimum absolute atomic E-state index is 0.194. The summed E-state index contributed by atoms with van der Waals surface area (Å²) in [6, 6.07) is 2.39. The number of hydrogen-bond acceptors (Lipinski definition) is 5. The molecular formula is C20H16F14N4O. The highest BCUT2D eigenvalue weighted by Gasteiger charge is 2.79. The minimum atomic E-state index is -7.14. The van der Waals surface area contributed by atoms with Gasteiger partial charge in [-0.05, 0) is 24.3 Å². The third-order valence-corrected chi connectivity index (χ3v) is 5.27. The second-order valence-corrected chi connectivity index (χ2v) is 8.06. The smallest absolute Gasteiger partial charge is 0.399 e. The quantitative estimate of drug-likeness (QED) is 0.207. The van der Waals surface area contributed by atoms with E-state index in [1.54, 1.807) is 0 Å². The van der Waals surface area contributed by atoms with Crippen molar-refractivity contribution in [1.29, 1.82) is 0 Å². The molecule has 2 atom stereocenters. The van der Waals surface area contributed by atoms with Crippen molar-refractivity contribution in [3.05, 3.63) is 47.5 Å². The molecule has 8 N–H and O–H groups in total. The van der Waals surface area contributed by atoms with Crippen LogP contribution in [0.2, 0.25) is 0 Å². The fraction of sp³-hybridized carbons (Fsp3) is 0.400. The summed E-state index contributed by atoms with van der Waals surface area (Å²) in [6.07, 6.45) is -22.9. The molecule has 0 aliphatic carbocycles. The van der Waals surface area contributed by atoms with Gasteiger partial charge in [0, 0.05) is 33.9 Å². The van der Waals surface area contributed by atoms with E-state index in [2.05, 4.69) is 4.74 Å². The summed E-state index contributed by atoms with van der Waals surface area (Å²) in [7, 11) is 0. The van der Waals surface area contributed by atoms with E-state index in [0.717, 1.165) is 0 Å². The Morgan fingerprint density at radius 1 is 0.487 bits per heavy atom. The van der Waals surface area contributed by atoms with E-state index < -0.39 is 82.1 Å². The molecule has 0 radical (unpaired) electrons. The van der Waals surface area contributed by atoms with Gasteiger partial charge in [-0.3, -0.25) is 0 Å². The lowest BCUT2D eigenvalue weighted by Gasteiger charge is -2.40. The second kappa shape index (κ2) is 9.67. The van der Waals surface area contributed by atoms with Crippen LogP contribution < -0.4 is 22.9 Å². The molecule has 0 bridgehead atoms. The van der Waals surface area contributed by atoms with Crippen LogP contribution in [0.1, 0.15) is 23.3 Å². The van der Waals surface area contributed by atoms with Gasteiger partial charge in [-0.1, -0.05) is 12.1 Å². The Kier molecular flexibility index (Phi) is 7.89. The summed E-state index contributed by atoms with van der Waals surface area (Å²) in [6.45, 7) is 0. The Morgan fingerprint density at radius 2 is 0.769 bits per heavy atom. The van der Waals surface area contributed by atoms with Crippen LogP contribution in [0.15, 0.2) is 36.4 Å². The van der Waals surface area contributed by atoms with Gasteiger partial charge in [-0.2, -0.15) is 61.5 Å². The van der Waals surface area contributed by atoms with Crippen LogP contribution in [0.25, 0.3) is 0 Å². The zero-order valence-electron chi connectivity index (χ0n) is 18.6. The SMILES string of the molecule is Nc1ccc(C(OC(c2ccc(N)cc2N)C(F)(F)C(F)(F)C(F)(F)F)C(F)(F)C(F)(F)C(F)(F)F)c(N)c1. The van der Waals surface area contributed by atoms with Gasteiger partial charge in [0.15, 0.2) is 12.2 Å². The molecule has 0 aromatic heterocycles. The summed E-state index contributed by atoms with van der Waals surface area (Å²) in [4.78, 5) is 0. The summed E-state index contributed by atoms with van der Waals surface area (Å²) >= 11 is 0. The van der Waals surface area contributed by atoms with Gasteiger partial charge in [0.1, 0.15) is 0 Å². The van der Waals surface area contributed by atoms with Crippen LogP contribution in [0.4, 0.5) is 84.2 Å². The van der Waals surface area contributed by atoms with Crippen molar-refractivity contribution in [2.24, 2.45) is 0 Å². The molecule has 0 aliphatic heterocycles. The first-order valence-corrected chi connectivity index (χ1v) is 9.90. The lowest BCUT2D eigenvalue weighted by atomic mass is 9.92. The number of nitrogens with two attached hydrogens (primary N) is 4. The van der Waals surface area contributed by atoms with Crippen molar-refractivity contribution in [3.63, 3.8) is 0 Å². The van der Waals surface area contributed by atoms with Crippen molar-refractivity contribution in [2.75, 3.05) is 22.9 Å². The normalized spacial score (nSPS) is 15.7. The predicted octanol–water partition coefficient (Wildman–Crippen LogP) is 6.48. The number of hydrogen-bond donors (Lipinski definition) is 4. The number of benzene rings is 2. The van der Waals surface area contributed by atoms with Crippen molar-refractivity contribution < 1.29 is 66.2 Å². The number of rotatable bonds is 8. The average Bonchev–Trinajstić information content (AvgIpc) is 2.74. The van der Waals surface area contributed by atoms with Crippen LogP contribution in [0, 0.1) is 0 Å². The van der Waals surface area contributed by atoms with E-state index in [1.165, 1.54) is 0 Å². The van der Waals surface area contributed by atoms with E-state index in [4.69, 9.17) is 22.9 Å². The number of nitrogen functional groups attached to an aromatic ring is 4. The lowest BCUT2D eigenvalue weighted by Crippen LogP contribution is -2.58. The molecule has 0 saturated carbocycles. The van der Waals surface area contributed by atoms with Gasteiger partial charge < -0.3 is 27.7 Å². The fourth-order valence-corrected chi connectivity index (χ4v) is 3.22. The van der Waals surface area contributed by atoms with E-state index in [1.807, 2.05) is 0 Å². The molecular weight excluding hydrogens is 578 g/mol. The molecule has 5 nitrogen and oxygen atoms in total. The molecule has 2 rings (SSSR count). The third kappa shape index (κ3) is 5.40. The highest BCUT2D eigenvalue weighted by atomic mass is 19.4. The maximum absolute atomic E-state index is 14.9. The maximum Gasteiger partial charge on any atom is 0.459 e. The lowest BCUT2D eigenvalue weighted by molar-refractivity contribution is -0.400. The zero-order valence-corrected chi connectivity index (χ0v) is 18.6. The standard InChI is InChI=1S/C20H16F14N4O/c21-15(22,17(25,26)19(29,30)31)13(9-3-1-7(35)5-11(9)37)39-14(10-4-2-8(36)6-12(10)38)16(23,24)18(27,28)20(32,33)34/h1-6,13-14H,35-38H2. The van der Waals surface area contributed by atoms with Crippen LogP contribution >= 0.6 is 0 Å². The third-order valence-electron chi connectivity index (χ3n) is 5.27. The number of anilines is 4. The van der Waals surface area contributed by atoms with Gasteiger partial charge in [-0.25, -0.2) is 0 Å². The summed E-state index contributed by atoms with van der Waals surface area (Å²) < 4.78 is 197. The van der Waals surface area contributed by atoms with E-state index in [0.29, 0.717) is 24.3 Å². The molecule has 0 amide bonds. The van der Waals surface area contributed by atoms with Crippen molar-refractivity contribution in [3.8, 4) is 0 Å². The molecule has 220 valence electrons. The molecule has 0 heterocycles. The first-order valence-electron chi connectivity index (χ1n) is 9.90. The van der Waals surface area contributed by atoms with Gasteiger partial charge >= 0.3 is 36.0 Å². The number of alkyl halides is 14. The first kappa shape index (κ1) is 31.8. The molecule has 0 spiro atoms. The van der Waals surface area contributed by atoms with Gasteiger partial charge in [-0.15, -0.1) is 0 Å². The van der Waals surface area contributed by atoms with Crippen LogP contribution in [0.5, 0.6) is 0 Å². The highest BCUT2D eigenvalue weighted by molar-refractivity contribution is 5.59. The Bertz CT molecular complexity index is 1100. The maximum atomic E-state index is 14.9.